The van der Waals surface area contributed by atoms with E-state index < -0.39 is 115 Å². The van der Waals surface area contributed by atoms with Gasteiger partial charge < -0.3 is 58.0 Å². The summed E-state index contributed by atoms with van der Waals surface area (Å²) in [5.41, 5.74) is 1.30. The van der Waals surface area contributed by atoms with Crippen molar-refractivity contribution in [2.24, 2.45) is 14.1 Å². The summed E-state index contributed by atoms with van der Waals surface area (Å²) in [7, 11) is 3.28. The SMILES string of the molecule is Cn1nccc1COCC(O)COCC(F)(F)OC(F)(F)COCOCCOCC(O)COCCOCC(F)(F)OC(F)(F)OC(F)(F)COCC(O)COCc1ccnn1C. The summed E-state index contributed by atoms with van der Waals surface area (Å²) in [4.78, 5) is 0. The van der Waals surface area contributed by atoms with Gasteiger partial charge in [-0.2, -0.15) is 45.3 Å². The Labute approximate surface area is 347 Å². The van der Waals surface area contributed by atoms with Crippen molar-refractivity contribution in [3.05, 3.63) is 35.9 Å². The Morgan fingerprint density at radius 3 is 1.23 bits per heavy atom. The predicted molar refractivity (Wildman–Crippen MR) is 183 cm³/mol. The Hall–Kier alpha value is -2.88. The maximum Gasteiger partial charge on any atom is 0.495 e. The first-order chi connectivity index (χ1) is 29.0. The summed E-state index contributed by atoms with van der Waals surface area (Å²) in [5.74, 6) is 0. The van der Waals surface area contributed by atoms with Crippen LogP contribution in [0, 0.1) is 0 Å². The smallest absolute Gasteiger partial charge is 0.388 e. The molecule has 2 rings (SSSR count). The molecule has 0 aliphatic rings. The molecule has 362 valence electrons. The fourth-order valence-corrected chi connectivity index (χ4v) is 4.31. The van der Waals surface area contributed by atoms with E-state index in [1.165, 1.54) is 21.8 Å². The molecule has 0 aliphatic heterocycles. The standard InChI is InChI=1S/C33H50F10N4O15/c1-46-24(3-5-44-46)11-55-15-27(49)17-57-20-29(34,35)60-30(36,37)22-59-23-54-10-8-52-14-26(48)13-51-7-9-53-19-31(38,39)61-33(42,43)62-32(40,41)21-58-18-28(50)16-56-12-25-4-6-45-47(25)2/h3-6,26-28,48-50H,7-23H2,1-2H3. The molecule has 3 unspecified atom stereocenters. The van der Waals surface area contributed by atoms with Crippen LogP contribution in [0.1, 0.15) is 11.4 Å². The van der Waals surface area contributed by atoms with Gasteiger partial charge in [-0.05, 0) is 12.1 Å². The molecule has 29 heteroatoms. The van der Waals surface area contributed by atoms with Crippen LogP contribution in [0.4, 0.5) is 43.9 Å². The Kier molecular flexibility index (Phi) is 24.5. The number of nitrogens with zero attached hydrogens (tertiary/aromatic N) is 4. The highest BCUT2D eigenvalue weighted by Gasteiger charge is 2.52. The first-order valence-electron chi connectivity index (χ1n) is 18.2. The van der Waals surface area contributed by atoms with Crippen LogP contribution in [0.5, 0.6) is 0 Å². The molecule has 3 N–H and O–H groups in total. The fourth-order valence-electron chi connectivity index (χ4n) is 4.31. The van der Waals surface area contributed by atoms with E-state index in [-0.39, 0.29) is 46.2 Å². The second-order valence-corrected chi connectivity index (χ2v) is 12.8. The number of hydrogen-bond donors (Lipinski definition) is 3. The van der Waals surface area contributed by atoms with E-state index in [0.717, 1.165) is 0 Å². The van der Waals surface area contributed by atoms with Gasteiger partial charge in [-0.15, -0.1) is 8.78 Å². The van der Waals surface area contributed by atoms with Crippen molar-refractivity contribution >= 4 is 0 Å². The Morgan fingerprint density at radius 2 is 0.806 bits per heavy atom. The van der Waals surface area contributed by atoms with Gasteiger partial charge in [0.2, 0.25) is 0 Å². The molecule has 62 heavy (non-hydrogen) atoms. The maximum atomic E-state index is 13.8. The zero-order valence-corrected chi connectivity index (χ0v) is 33.4. The average Bonchev–Trinajstić information content (AvgIpc) is 3.75. The molecule has 0 aromatic carbocycles. The summed E-state index contributed by atoms with van der Waals surface area (Å²) >= 11 is 0. The van der Waals surface area contributed by atoms with Gasteiger partial charge in [-0.25, -0.2) is 9.47 Å². The van der Waals surface area contributed by atoms with Crippen molar-refractivity contribution < 1.29 is 116 Å². The highest BCUT2D eigenvalue weighted by Crippen LogP contribution is 2.34. The second-order valence-electron chi connectivity index (χ2n) is 12.8. The minimum Gasteiger partial charge on any atom is -0.388 e. The highest BCUT2D eigenvalue weighted by molar-refractivity contribution is 4.98. The number of aryl methyl sites for hydroxylation is 2. The molecule has 0 saturated heterocycles. The number of alkyl halides is 10. The van der Waals surface area contributed by atoms with E-state index in [9.17, 15) is 59.2 Å². The normalized spacial score (nSPS) is 14.8. The lowest BCUT2D eigenvalue weighted by Gasteiger charge is -2.26. The summed E-state index contributed by atoms with van der Waals surface area (Å²) in [6.45, 7) is -12.2. The van der Waals surface area contributed by atoms with Gasteiger partial charge in [0, 0.05) is 26.5 Å². The lowest BCUT2D eigenvalue weighted by Crippen LogP contribution is -2.44. The second kappa shape index (κ2) is 27.4. The molecule has 0 aliphatic carbocycles. The zero-order chi connectivity index (χ0) is 46.3. The third-order valence-corrected chi connectivity index (χ3v) is 7.03. The van der Waals surface area contributed by atoms with Gasteiger partial charge in [0.15, 0.2) is 0 Å². The average molecular weight is 933 g/mol. The van der Waals surface area contributed by atoms with Gasteiger partial charge in [-0.1, -0.05) is 0 Å². The molecule has 0 amide bonds. The van der Waals surface area contributed by atoms with E-state index in [1.807, 2.05) is 0 Å². The molecule has 2 heterocycles. The van der Waals surface area contributed by atoms with E-state index in [2.05, 4.69) is 43.4 Å². The first kappa shape index (κ1) is 55.3. The van der Waals surface area contributed by atoms with Gasteiger partial charge in [0.25, 0.3) is 0 Å². The summed E-state index contributed by atoms with van der Waals surface area (Å²) in [6.07, 6.45) is -25.2. The van der Waals surface area contributed by atoms with Gasteiger partial charge >= 0.3 is 30.7 Å². The van der Waals surface area contributed by atoms with Crippen molar-refractivity contribution in [3.8, 4) is 0 Å². The van der Waals surface area contributed by atoms with Gasteiger partial charge in [-0.3, -0.25) is 14.1 Å². The Morgan fingerprint density at radius 1 is 0.468 bits per heavy atom. The summed E-state index contributed by atoms with van der Waals surface area (Å²) in [6, 6.07) is 3.27. The number of aliphatic hydroxyl groups is 3. The fraction of sp³-hybridized carbons (Fsp3) is 0.818. The van der Waals surface area contributed by atoms with Crippen molar-refractivity contribution in [2.75, 3.05) is 99.3 Å². The lowest BCUT2D eigenvalue weighted by molar-refractivity contribution is -0.518. The lowest BCUT2D eigenvalue weighted by atomic mass is 10.4. The molecule has 2 aromatic rings. The van der Waals surface area contributed by atoms with Crippen molar-refractivity contribution in [1.29, 1.82) is 0 Å². The third-order valence-electron chi connectivity index (χ3n) is 7.03. The van der Waals surface area contributed by atoms with Crippen LogP contribution >= 0.6 is 0 Å². The predicted octanol–water partition coefficient (Wildman–Crippen LogP) is 2.01. The number of hydrogen-bond acceptors (Lipinski definition) is 17. The number of halogens is 10. The topological polar surface area (TPSA) is 207 Å². The quantitative estimate of drug-likeness (QED) is 0.0500. The molecular weight excluding hydrogens is 882 g/mol. The molecule has 19 nitrogen and oxygen atoms in total. The monoisotopic (exact) mass is 932 g/mol. The molecule has 0 saturated carbocycles. The molecule has 0 spiro atoms. The van der Waals surface area contributed by atoms with Crippen LogP contribution < -0.4 is 0 Å². The molecule has 0 radical (unpaired) electrons. The first-order valence-corrected chi connectivity index (χ1v) is 18.2. The van der Waals surface area contributed by atoms with Crippen LogP contribution in [0.3, 0.4) is 0 Å². The van der Waals surface area contributed by atoms with Crippen LogP contribution in [0.15, 0.2) is 24.5 Å². The summed E-state index contributed by atoms with van der Waals surface area (Å²) in [5, 5.41) is 37.1. The molecule has 3 atom stereocenters. The van der Waals surface area contributed by atoms with Gasteiger partial charge in [0.1, 0.15) is 51.5 Å². The zero-order valence-electron chi connectivity index (χ0n) is 33.4. The molecular formula is C33H50F10N4O15. The Balaban J connectivity index is 1.45. The van der Waals surface area contributed by atoms with Crippen molar-refractivity contribution in [2.45, 2.75) is 62.3 Å². The molecule has 0 bridgehead atoms. The van der Waals surface area contributed by atoms with E-state index in [0.29, 0.717) is 11.4 Å². The van der Waals surface area contributed by atoms with Crippen LogP contribution in [0.2, 0.25) is 0 Å². The van der Waals surface area contributed by atoms with E-state index in [4.69, 9.17) is 23.7 Å². The van der Waals surface area contributed by atoms with E-state index in [1.54, 1.807) is 26.2 Å². The third kappa shape index (κ3) is 26.0. The van der Waals surface area contributed by atoms with E-state index >= 15 is 0 Å². The van der Waals surface area contributed by atoms with Crippen LogP contribution in [-0.4, -0.2) is 183 Å². The highest BCUT2D eigenvalue weighted by atomic mass is 19.3. The van der Waals surface area contributed by atoms with Crippen molar-refractivity contribution in [3.63, 3.8) is 0 Å². The maximum absolute atomic E-state index is 13.8. The molecule has 0 fully saturated rings. The number of aliphatic hydroxyl groups excluding tert-OH is 3. The minimum absolute atomic E-state index is 0.00889. The molecule has 2 aromatic heterocycles. The minimum atomic E-state index is -5.52. The summed E-state index contributed by atoms with van der Waals surface area (Å²) < 4.78 is 194. The number of ether oxygens (including phenoxy) is 12. The largest absolute Gasteiger partial charge is 0.495 e. The number of aromatic nitrogens is 4. The van der Waals surface area contributed by atoms with Crippen molar-refractivity contribution in [1.82, 2.24) is 19.6 Å². The van der Waals surface area contributed by atoms with Gasteiger partial charge in [0.05, 0.1) is 90.7 Å². The van der Waals surface area contributed by atoms with Crippen LogP contribution in [-0.2, 0) is 84.2 Å². The Bertz CT molecular complexity index is 1490. The number of rotatable bonds is 38. The van der Waals surface area contributed by atoms with Crippen LogP contribution in [0.25, 0.3) is 0 Å².